The summed E-state index contributed by atoms with van der Waals surface area (Å²) in [5.74, 6) is -1.12. The van der Waals surface area contributed by atoms with E-state index in [0.717, 1.165) is 0 Å². The van der Waals surface area contributed by atoms with Crippen molar-refractivity contribution in [3.63, 3.8) is 0 Å². The van der Waals surface area contributed by atoms with Crippen LogP contribution in [0.1, 0.15) is 37.6 Å². The fourth-order valence-electron chi connectivity index (χ4n) is 1.80. The lowest BCUT2D eigenvalue weighted by molar-refractivity contribution is 0.0881. The number of hydrogen-bond acceptors (Lipinski definition) is 3. The summed E-state index contributed by atoms with van der Waals surface area (Å²) >= 11 is 0. The first-order valence-corrected chi connectivity index (χ1v) is 6.22. The molecule has 0 bridgehead atoms. The van der Waals surface area contributed by atoms with E-state index < -0.39 is 11.7 Å². The van der Waals surface area contributed by atoms with Gasteiger partial charge in [0, 0.05) is 18.3 Å². The van der Waals surface area contributed by atoms with E-state index in [2.05, 4.69) is 5.32 Å². The average molecular weight is 268 g/mol. The maximum Gasteiger partial charge on any atom is 0.254 e. The molecule has 1 rings (SSSR count). The summed E-state index contributed by atoms with van der Waals surface area (Å²) in [4.78, 5) is 12.1. The molecule has 1 unspecified atom stereocenters. The van der Waals surface area contributed by atoms with E-state index in [9.17, 15) is 9.18 Å². The fraction of sp³-hybridized carbons (Fsp3) is 0.500. The normalized spacial score (nSPS) is 13.1. The van der Waals surface area contributed by atoms with Crippen LogP contribution < -0.4 is 11.1 Å². The predicted octanol–water partition coefficient (Wildman–Crippen LogP) is 1.93. The molecule has 0 radical (unpaired) electrons. The van der Waals surface area contributed by atoms with Crippen LogP contribution >= 0.6 is 0 Å². The highest BCUT2D eigenvalue weighted by Gasteiger charge is 2.26. The summed E-state index contributed by atoms with van der Waals surface area (Å²) < 4.78 is 13.6. The van der Waals surface area contributed by atoms with Gasteiger partial charge in [0.25, 0.3) is 5.91 Å². The highest BCUT2D eigenvalue weighted by molar-refractivity contribution is 5.95. The summed E-state index contributed by atoms with van der Waals surface area (Å²) in [7, 11) is 0. The van der Waals surface area contributed by atoms with E-state index in [1.807, 2.05) is 20.8 Å². The Bertz CT molecular complexity index is 455. The molecule has 0 aliphatic heterocycles. The summed E-state index contributed by atoms with van der Waals surface area (Å²) in [6.45, 7) is 5.80. The van der Waals surface area contributed by atoms with Crippen LogP contribution in [-0.4, -0.2) is 23.7 Å². The van der Waals surface area contributed by atoms with Crippen molar-refractivity contribution >= 4 is 11.6 Å². The number of rotatable bonds is 4. The zero-order valence-corrected chi connectivity index (χ0v) is 11.5. The highest BCUT2D eigenvalue weighted by atomic mass is 19.1. The van der Waals surface area contributed by atoms with Gasteiger partial charge >= 0.3 is 0 Å². The molecule has 19 heavy (non-hydrogen) atoms. The summed E-state index contributed by atoms with van der Waals surface area (Å²) in [5, 5.41) is 11.8. The van der Waals surface area contributed by atoms with Crippen molar-refractivity contribution in [3.05, 3.63) is 29.6 Å². The lowest BCUT2D eigenvalue weighted by Crippen LogP contribution is -2.44. The minimum absolute atomic E-state index is 0.0401. The number of anilines is 1. The quantitative estimate of drug-likeness (QED) is 0.730. The lowest BCUT2D eigenvalue weighted by atomic mass is 9.84. The van der Waals surface area contributed by atoms with E-state index in [0.29, 0.717) is 12.1 Å². The number of halogens is 1. The third-order valence-electron chi connectivity index (χ3n) is 3.00. The third-order valence-corrected chi connectivity index (χ3v) is 3.00. The van der Waals surface area contributed by atoms with Gasteiger partial charge in [-0.15, -0.1) is 0 Å². The van der Waals surface area contributed by atoms with Crippen molar-refractivity contribution in [3.8, 4) is 0 Å². The van der Waals surface area contributed by atoms with Crippen LogP contribution in [-0.2, 0) is 0 Å². The lowest BCUT2D eigenvalue weighted by Gasteiger charge is -2.31. The van der Waals surface area contributed by atoms with E-state index in [-0.39, 0.29) is 23.6 Å². The monoisotopic (exact) mass is 268 g/mol. The van der Waals surface area contributed by atoms with Crippen molar-refractivity contribution in [1.82, 2.24) is 5.32 Å². The number of amides is 1. The van der Waals surface area contributed by atoms with Crippen LogP contribution in [0.5, 0.6) is 0 Å². The third kappa shape index (κ3) is 4.21. The molecule has 0 spiro atoms. The van der Waals surface area contributed by atoms with Gasteiger partial charge in [-0.05, 0) is 30.0 Å². The van der Waals surface area contributed by atoms with Gasteiger partial charge in [-0.2, -0.15) is 0 Å². The first-order chi connectivity index (χ1) is 8.75. The number of benzene rings is 1. The second-order valence-electron chi connectivity index (χ2n) is 5.64. The van der Waals surface area contributed by atoms with Crippen LogP contribution in [0.15, 0.2) is 18.2 Å². The molecule has 0 saturated heterocycles. The number of carbonyl (C=O) groups is 1. The van der Waals surface area contributed by atoms with Gasteiger partial charge in [0.05, 0.1) is 5.56 Å². The first-order valence-electron chi connectivity index (χ1n) is 6.22. The highest BCUT2D eigenvalue weighted by Crippen LogP contribution is 2.22. The Morgan fingerprint density at radius 2 is 2.11 bits per heavy atom. The van der Waals surface area contributed by atoms with E-state index >= 15 is 0 Å². The van der Waals surface area contributed by atoms with E-state index in [4.69, 9.17) is 10.8 Å². The molecule has 0 heterocycles. The molecule has 1 atom stereocenters. The van der Waals surface area contributed by atoms with Crippen molar-refractivity contribution in [2.75, 3.05) is 12.3 Å². The van der Waals surface area contributed by atoms with Crippen LogP contribution in [0.2, 0.25) is 0 Å². The smallest absolute Gasteiger partial charge is 0.254 e. The standard InChI is InChI=1S/C14H21FN2O2/c1-14(2,3)12(6-7-18)17-13(19)10-8-9(16)4-5-11(10)15/h4-5,8,12,18H,6-7,16H2,1-3H3,(H,17,19). The Labute approximate surface area is 112 Å². The minimum atomic E-state index is -0.608. The van der Waals surface area contributed by atoms with Gasteiger partial charge in [0.2, 0.25) is 0 Å². The van der Waals surface area contributed by atoms with Crippen molar-refractivity contribution in [1.29, 1.82) is 0 Å². The first kappa shape index (κ1) is 15.4. The van der Waals surface area contributed by atoms with Crippen LogP contribution in [0, 0.1) is 11.2 Å². The Morgan fingerprint density at radius 1 is 1.47 bits per heavy atom. The molecule has 1 aromatic rings. The molecule has 5 heteroatoms. The Balaban J connectivity index is 2.91. The molecule has 0 aromatic heterocycles. The van der Waals surface area contributed by atoms with Gasteiger partial charge in [-0.25, -0.2) is 4.39 Å². The number of nitrogens with two attached hydrogens (primary N) is 1. The Hall–Kier alpha value is -1.62. The molecule has 0 aliphatic carbocycles. The zero-order chi connectivity index (χ0) is 14.6. The maximum absolute atomic E-state index is 13.6. The van der Waals surface area contributed by atoms with E-state index in [1.54, 1.807) is 0 Å². The number of hydrogen-bond donors (Lipinski definition) is 3. The van der Waals surface area contributed by atoms with E-state index in [1.165, 1.54) is 18.2 Å². The molecule has 106 valence electrons. The number of aliphatic hydroxyl groups is 1. The number of carbonyl (C=O) groups excluding carboxylic acids is 1. The molecular weight excluding hydrogens is 247 g/mol. The predicted molar refractivity (Wildman–Crippen MR) is 73.2 cm³/mol. The topological polar surface area (TPSA) is 75.3 Å². The number of aliphatic hydroxyl groups excluding tert-OH is 1. The van der Waals surface area contributed by atoms with Crippen molar-refractivity contribution in [2.24, 2.45) is 5.41 Å². The average Bonchev–Trinajstić information content (AvgIpc) is 2.30. The van der Waals surface area contributed by atoms with Crippen molar-refractivity contribution in [2.45, 2.75) is 33.2 Å². The fourth-order valence-corrected chi connectivity index (χ4v) is 1.80. The molecule has 0 fully saturated rings. The van der Waals surface area contributed by atoms with Gasteiger partial charge in [-0.1, -0.05) is 20.8 Å². The van der Waals surface area contributed by atoms with Crippen LogP contribution in [0.25, 0.3) is 0 Å². The van der Waals surface area contributed by atoms with Gasteiger partial charge < -0.3 is 16.2 Å². The molecule has 4 N–H and O–H groups in total. The summed E-state index contributed by atoms with van der Waals surface area (Å²) in [6, 6.07) is 3.64. The second-order valence-corrected chi connectivity index (χ2v) is 5.64. The van der Waals surface area contributed by atoms with Crippen LogP contribution in [0.4, 0.5) is 10.1 Å². The Morgan fingerprint density at radius 3 is 2.63 bits per heavy atom. The van der Waals surface area contributed by atoms with Gasteiger partial charge in [0.15, 0.2) is 0 Å². The Kier molecular flexibility index (Phi) is 4.89. The molecule has 1 aromatic carbocycles. The van der Waals surface area contributed by atoms with Crippen molar-refractivity contribution < 1.29 is 14.3 Å². The summed E-state index contributed by atoms with van der Waals surface area (Å²) in [5.41, 5.74) is 5.58. The summed E-state index contributed by atoms with van der Waals surface area (Å²) in [6.07, 6.45) is 0.416. The minimum Gasteiger partial charge on any atom is -0.399 e. The SMILES string of the molecule is CC(C)(C)C(CCO)NC(=O)c1cc(N)ccc1F. The molecule has 0 aliphatic rings. The zero-order valence-electron chi connectivity index (χ0n) is 11.5. The maximum atomic E-state index is 13.6. The number of nitrogen functional groups attached to an aromatic ring is 1. The largest absolute Gasteiger partial charge is 0.399 e. The van der Waals surface area contributed by atoms with Crippen LogP contribution in [0.3, 0.4) is 0 Å². The van der Waals surface area contributed by atoms with Gasteiger partial charge in [0.1, 0.15) is 5.82 Å². The molecule has 4 nitrogen and oxygen atoms in total. The van der Waals surface area contributed by atoms with Gasteiger partial charge in [-0.3, -0.25) is 4.79 Å². The number of nitrogens with one attached hydrogen (secondary N) is 1. The molecule has 0 saturated carbocycles. The second kappa shape index (κ2) is 6.02. The molecule has 1 amide bonds. The molecular formula is C14H21FN2O2.